The molecule has 4 aromatic rings. The molecule has 0 aromatic heterocycles. The van der Waals surface area contributed by atoms with Crippen molar-refractivity contribution in [3.63, 3.8) is 0 Å². The average Bonchev–Trinajstić information content (AvgIpc) is 2.94. The van der Waals surface area contributed by atoms with E-state index in [1.807, 2.05) is 6.07 Å². The summed E-state index contributed by atoms with van der Waals surface area (Å²) in [5, 5.41) is 5.27. The Morgan fingerprint density at radius 1 is 0.821 bits per heavy atom. The second kappa shape index (κ2) is 12.3. The van der Waals surface area contributed by atoms with Crippen molar-refractivity contribution in [2.24, 2.45) is 4.65 Å². The Kier molecular flexibility index (Phi) is 8.84. The van der Waals surface area contributed by atoms with Crippen LogP contribution in [0.5, 0.6) is 0 Å². The SMILES string of the molecule is N[As](c1[c]cc(C(=O)NCc2ccccc2C(F)(F)F)cc1)c1cccc(C(=O)NCc2cccc(F)c2)c1. The molecule has 5 nitrogen and oxygen atoms in total. The van der Waals surface area contributed by atoms with Gasteiger partial charge in [0, 0.05) is 0 Å². The number of hydrogen-bond donors (Lipinski definition) is 3. The van der Waals surface area contributed by atoms with Crippen molar-refractivity contribution in [1.29, 1.82) is 0 Å². The van der Waals surface area contributed by atoms with Crippen molar-refractivity contribution in [2.75, 3.05) is 0 Å². The van der Waals surface area contributed by atoms with E-state index in [-0.39, 0.29) is 35.9 Å². The predicted molar refractivity (Wildman–Crippen MR) is 141 cm³/mol. The Labute approximate surface area is 227 Å². The molecule has 2 amide bonds. The van der Waals surface area contributed by atoms with Gasteiger partial charge in [0.05, 0.1) is 0 Å². The van der Waals surface area contributed by atoms with Crippen molar-refractivity contribution in [3.8, 4) is 0 Å². The molecule has 4 N–H and O–H groups in total. The van der Waals surface area contributed by atoms with Crippen LogP contribution < -0.4 is 24.0 Å². The summed E-state index contributed by atoms with van der Waals surface area (Å²) in [6.07, 6.45) is -4.52. The molecule has 1 atom stereocenters. The van der Waals surface area contributed by atoms with Gasteiger partial charge in [0.25, 0.3) is 0 Å². The second-order valence-corrected chi connectivity index (χ2v) is 12.2. The molecule has 4 rings (SSSR count). The summed E-state index contributed by atoms with van der Waals surface area (Å²) in [7, 11) is 0. The fourth-order valence-corrected chi connectivity index (χ4v) is 6.41. The van der Waals surface area contributed by atoms with Gasteiger partial charge < -0.3 is 0 Å². The Hall–Kier alpha value is -3.94. The van der Waals surface area contributed by atoms with Gasteiger partial charge in [0.2, 0.25) is 0 Å². The summed E-state index contributed by atoms with van der Waals surface area (Å²) in [4.78, 5) is 25.2. The molecule has 0 saturated carbocycles. The van der Waals surface area contributed by atoms with Gasteiger partial charge in [-0.25, -0.2) is 0 Å². The first-order valence-corrected chi connectivity index (χ1v) is 14.7. The molecule has 0 aliphatic rings. The minimum atomic E-state index is -4.52. The average molecular weight is 596 g/mol. The zero-order chi connectivity index (χ0) is 28.0. The van der Waals surface area contributed by atoms with Crippen LogP contribution in [0.15, 0.2) is 91.0 Å². The summed E-state index contributed by atoms with van der Waals surface area (Å²) in [6.45, 7) is -0.108. The third-order valence-corrected chi connectivity index (χ3v) is 9.23. The molecule has 1 unspecified atom stereocenters. The Morgan fingerprint density at radius 2 is 1.54 bits per heavy atom. The zero-order valence-corrected chi connectivity index (χ0v) is 22.3. The molecule has 0 saturated heterocycles. The quantitative estimate of drug-likeness (QED) is 0.215. The number of nitrogens with one attached hydrogen (secondary N) is 2. The normalized spacial score (nSPS) is 12.0. The van der Waals surface area contributed by atoms with Crippen LogP contribution in [0.4, 0.5) is 17.6 Å². The number of alkyl halides is 3. The minimum absolute atomic E-state index is 0.0337. The molecule has 0 spiro atoms. The summed E-state index contributed by atoms with van der Waals surface area (Å²) in [5.41, 5.74) is 0.442. The number of hydrogen-bond acceptors (Lipinski definition) is 3. The number of benzene rings is 4. The van der Waals surface area contributed by atoms with Crippen molar-refractivity contribution in [1.82, 2.24) is 10.6 Å². The van der Waals surface area contributed by atoms with E-state index in [9.17, 15) is 27.2 Å². The van der Waals surface area contributed by atoms with Crippen LogP contribution in [0, 0.1) is 11.9 Å². The fourth-order valence-electron chi connectivity index (χ4n) is 3.80. The third kappa shape index (κ3) is 7.34. The molecule has 199 valence electrons. The number of amides is 2. The monoisotopic (exact) mass is 596 g/mol. The van der Waals surface area contributed by atoms with Gasteiger partial charge in [-0.2, -0.15) is 0 Å². The molecule has 1 radical (unpaired) electrons. The summed E-state index contributed by atoms with van der Waals surface area (Å²) < 4.78 is 60.9. The summed E-state index contributed by atoms with van der Waals surface area (Å²) in [5.74, 6) is -1.25. The van der Waals surface area contributed by atoms with E-state index in [4.69, 9.17) is 4.65 Å². The number of carbonyl (C=O) groups is 2. The van der Waals surface area contributed by atoms with Gasteiger partial charge in [-0.15, -0.1) is 0 Å². The predicted octanol–water partition coefficient (Wildman–Crippen LogP) is 3.57. The van der Waals surface area contributed by atoms with Crippen LogP contribution in [-0.2, 0) is 19.3 Å². The molecular formula is C29H23AsF4N3O2. The van der Waals surface area contributed by atoms with Crippen LogP contribution in [-0.4, -0.2) is 26.7 Å². The Bertz CT molecular complexity index is 1480. The Balaban J connectivity index is 1.39. The zero-order valence-electron chi connectivity index (χ0n) is 20.4. The first-order valence-electron chi connectivity index (χ1n) is 11.7. The van der Waals surface area contributed by atoms with Gasteiger partial charge in [-0.05, 0) is 0 Å². The van der Waals surface area contributed by atoms with Crippen LogP contribution in [0.3, 0.4) is 0 Å². The molecule has 0 aliphatic heterocycles. The van der Waals surface area contributed by atoms with Crippen molar-refractivity contribution < 1.29 is 27.2 Å². The van der Waals surface area contributed by atoms with Gasteiger partial charge in [-0.3, -0.25) is 0 Å². The number of halogens is 4. The van der Waals surface area contributed by atoms with E-state index in [0.717, 1.165) is 10.4 Å². The molecule has 39 heavy (non-hydrogen) atoms. The summed E-state index contributed by atoms with van der Waals surface area (Å²) in [6, 6.07) is 25.6. The van der Waals surface area contributed by atoms with E-state index >= 15 is 0 Å². The van der Waals surface area contributed by atoms with Gasteiger partial charge in [-0.1, -0.05) is 0 Å². The maximum atomic E-state index is 13.4. The van der Waals surface area contributed by atoms with Gasteiger partial charge >= 0.3 is 228 Å². The molecule has 0 aliphatic carbocycles. The van der Waals surface area contributed by atoms with Crippen molar-refractivity contribution in [2.45, 2.75) is 19.3 Å². The van der Waals surface area contributed by atoms with E-state index in [1.165, 1.54) is 36.4 Å². The molecule has 10 heteroatoms. The Morgan fingerprint density at radius 3 is 2.26 bits per heavy atom. The second-order valence-electron chi connectivity index (χ2n) is 8.53. The number of carbonyl (C=O) groups excluding carboxylic acids is 2. The van der Waals surface area contributed by atoms with Crippen molar-refractivity contribution in [3.05, 3.63) is 131 Å². The van der Waals surface area contributed by atoms with Gasteiger partial charge in [0.15, 0.2) is 0 Å². The number of nitrogens with two attached hydrogens (primary N) is 1. The molecular weight excluding hydrogens is 573 g/mol. The van der Waals surface area contributed by atoms with Crippen LogP contribution in [0.2, 0.25) is 0 Å². The first-order chi connectivity index (χ1) is 18.6. The van der Waals surface area contributed by atoms with E-state index in [1.54, 1.807) is 42.5 Å². The van der Waals surface area contributed by atoms with E-state index in [0.29, 0.717) is 15.5 Å². The van der Waals surface area contributed by atoms with Crippen LogP contribution in [0.1, 0.15) is 37.4 Å². The van der Waals surface area contributed by atoms with E-state index < -0.39 is 32.5 Å². The molecule has 0 bridgehead atoms. The van der Waals surface area contributed by atoms with Gasteiger partial charge in [0.1, 0.15) is 0 Å². The maximum absolute atomic E-state index is 13.4. The van der Waals surface area contributed by atoms with Crippen molar-refractivity contribution >= 4 is 35.4 Å². The third-order valence-electron chi connectivity index (χ3n) is 5.81. The van der Waals surface area contributed by atoms with Crippen LogP contribution in [0.25, 0.3) is 0 Å². The molecule has 4 aromatic carbocycles. The number of rotatable bonds is 8. The van der Waals surface area contributed by atoms with Crippen LogP contribution >= 0.6 is 0 Å². The fraction of sp³-hybridized carbons (Fsp3) is 0.103. The molecule has 0 fully saturated rings. The molecule has 0 heterocycles. The first kappa shape index (κ1) is 28.1. The van der Waals surface area contributed by atoms with E-state index in [2.05, 4.69) is 16.7 Å². The topological polar surface area (TPSA) is 84.2 Å². The summed E-state index contributed by atoms with van der Waals surface area (Å²) >= 11 is -2.34. The standard InChI is InChI=1S/C29H23AsF4N3O2/c31-25-9-3-5-19(15-25)17-36-28(39)21-7-4-8-24(16-21)30(35)23-13-11-20(12-14-23)27(38)37-18-22-6-1-2-10-26(22)29(32,33)34/h1-13,15-16H,17-18,35H2,(H,36,39)(H,37,38).